The fourth-order valence-corrected chi connectivity index (χ4v) is 4.11. The van der Waals surface area contributed by atoms with E-state index in [1.54, 1.807) is 0 Å². The van der Waals surface area contributed by atoms with Gasteiger partial charge in [-0.1, -0.05) is 70.9 Å². The van der Waals surface area contributed by atoms with E-state index < -0.39 is 5.97 Å². The Labute approximate surface area is 150 Å². The molecule has 1 unspecified atom stereocenters. The average molecular weight is 337 g/mol. The highest BCUT2D eigenvalue weighted by Gasteiger charge is 2.24. The number of allylic oxidation sites excluding steroid dienone is 2. The maximum Gasteiger partial charge on any atom is 0.306 e. The normalized spacial score (nSPS) is 22.2. The highest BCUT2D eigenvalue weighted by atomic mass is 16.4. The topological polar surface area (TPSA) is 37.3 Å². The molecule has 0 bridgehead atoms. The molecular formula is C22H40O2. The van der Waals surface area contributed by atoms with Gasteiger partial charge < -0.3 is 5.11 Å². The molecule has 0 aromatic rings. The van der Waals surface area contributed by atoms with Crippen LogP contribution in [0.25, 0.3) is 0 Å². The van der Waals surface area contributed by atoms with Gasteiger partial charge in [0.25, 0.3) is 0 Å². The molecule has 2 heteroatoms. The average Bonchev–Trinajstić information content (AvgIpc) is 3.01. The van der Waals surface area contributed by atoms with Gasteiger partial charge in [-0.3, -0.25) is 4.79 Å². The number of aliphatic carboxylic acids is 1. The lowest BCUT2D eigenvalue weighted by atomic mass is 9.89. The zero-order valence-corrected chi connectivity index (χ0v) is 16.1. The predicted molar refractivity (Wildman–Crippen MR) is 103 cm³/mol. The molecule has 0 aromatic carbocycles. The highest BCUT2D eigenvalue weighted by Crippen LogP contribution is 2.36. The third-order valence-corrected chi connectivity index (χ3v) is 5.80. The van der Waals surface area contributed by atoms with Crippen LogP contribution in [0.15, 0.2) is 12.2 Å². The van der Waals surface area contributed by atoms with Crippen molar-refractivity contribution in [2.24, 2.45) is 17.8 Å². The molecule has 0 saturated heterocycles. The number of carbonyl (C=O) groups is 1. The summed E-state index contributed by atoms with van der Waals surface area (Å²) >= 11 is 0. The molecule has 1 aliphatic rings. The first kappa shape index (κ1) is 21.3. The monoisotopic (exact) mass is 336 g/mol. The minimum atomic E-state index is -0.613. The second kappa shape index (κ2) is 13.5. The first-order valence-electron chi connectivity index (χ1n) is 10.6. The van der Waals surface area contributed by atoms with Gasteiger partial charge in [-0.2, -0.15) is 0 Å². The smallest absolute Gasteiger partial charge is 0.306 e. The molecular weight excluding hydrogens is 296 g/mol. The van der Waals surface area contributed by atoms with E-state index in [9.17, 15) is 4.79 Å². The van der Waals surface area contributed by atoms with Gasteiger partial charge in [0.2, 0.25) is 0 Å². The number of carboxylic acids is 1. The Bertz CT molecular complexity index is 348. The number of carboxylic acid groups (broad SMARTS) is 1. The molecule has 1 aliphatic carbocycles. The van der Waals surface area contributed by atoms with Crippen LogP contribution in [-0.4, -0.2) is 11.1 Å². The lowest BCUT2D eigenvalue weighted by molar-refractivity contribution is -0.142. The Morgan fingerprint density at radius 3 is 2.58 bits per heavy atom. The second-order valence-electron chi connectivity index (χ2n) is 7.71. The van der Waals surface area contributed by atoms with Gasteiger partial charge in [0.15, 0.2) is 0 Å². The van der Waals surface area contributed by atoms with Gasteiger partial charge in [-0.05, 0) is 56.8 Å². The van der Waals surface area contributed by atoms with Crippen LogP contribution >= 0.6 is 0 Å². The van der Waals surface area contributed by atoms with Crippen LogP contribution in [0.4, 0.5) is 0 Å². The molecule has 2 nitrogen and oxygen atoms in total. The van der Waals surface area contributed by atoms with Crippen molar-refractivity contribution in [2.45, 2.75) is 104 Å². The minimum absolute atomic E-state index is 0.125. The molecule has 0 radical (unpaired) electrons. The fraction of sp³-hybridized carbons (Fsp3) is 0.864. The van der Waals surface area contributed by atoms with Crippen molar-refractivity contribution in [3.05, 3.63) is 12.2 Å². The molecule has 1 N–H and O–H groups in total. The Hall–Kier alpha value is -0.790. The summed E-state index contributed by atoms with van der Waals surface area (Å²) in [5.74, 6) is 0.967. The number of unbranched alkanes of at least 4 members (excludes halogenated alkanes) is 6. The zero-order chi connectivity index (χ0) is 17.6. The van der Waals surface area contributed by atoms with Crippen LogP contribution in [0.2, 0.25) is 0 Å². The quantitative estimate of drug-likeness (QED) is 0.274. The number of hydrogen-bond donors (Lipinski definition) is 1. The molecule has 0 aromatic heterocycles. The molecule has 1 fully saturated rings. The Balaban J connectivity index is 2.13. The third kappa shape index (κ3) is 8.89. The van der Waals surface area contributed by atoms with Gasteiger partial charge in [0, 0.05) is 0 Å². The standard InChI is InChI=1S/C22H40O2/c1-3-5-6-7-8-10-15-20-17-13-18-21(20)16-12-9-11-14-19(4-2)22(23)24/h10,15,19-21H,3-9,11-14,16-18H2,1-2H3,(H,23,24)/t19?,20-,21-/m0/s1. The van der Waals surface area contributed by atoms with Gasteiger partial charge in [-0.15, -0.1) is 0 Å². The summed E-state index contributed by atoms with van der Waals surface area (Å²) < 4.78 is 0. The van der Waals surface area contributed by atoms with Crippen LogP contribution in [0.3, 0.4) is 0 Å². The predicted octanol–water partition coefficient (Wildman–Crippen LogP) is 6.99. The summed E-state index contributed by atoms with van der Waals surface area (Å²) in [6.45, 7) is 4.25. The first-order chi connectivity index (χ1) is 11.7. The van der Waals surface area contributed by atoms with E-state index in [1.165, 1.54) is 70.6 Å². The van der Waals surface area contributed by atoms with E-state index in [1.807, 2.05) is 6.92 Å². The van der Waals surface area contributed by atoms with Crippen molar-refractivity contribution in [2.75, 3.05) is 0 Å². The van der Waals surface area contributed by atoms with Crippen LogP contribution in [-0.2, 0) is 4.79 Å². The second-order valence-corrected chi connectivity index (χ2v) is 7.71. The zero-order valence-electron chi connectivity index (χ0n) is 16.1. The molecule has 1 saturated carbocycles. The van der Waals surface area contributed by atoms with Crippen molar-refractivity contribution < 1.29 is 9.90 Å². The number of rotatable bonds is 14. The lowest BCUT2D eigenvalue weighted by Gasteiger charge is -2.16. The molecule has 3 atom stereocenters. The van der Waals surface area contributed by atoms with Crippen molar-refractivity contribution in [3.63, 3.8) is 0 Å². The van der Waals surface area contributed by atoms with E-state index >= 15 is 0 Å². The summed E-state index contributed by atoms with van der Waals surface area (Å²) in [6.07, 6.45) is 22.3. The first-order valence-corrected chi connectivity index (χ1v) is 10.6. The minimum Gasteiger partial charge on any atom is -0.481 e. The summed E-state index contributed by atoms with van der Waals surface area (Å²) in [6, 6.07) is 0. The molecule has 0 heterocycles. The van der Waals surface area contributed by atoms with E-state index in [0.29, 0.717) is 0 Å². The lowest BCUT2D eigenvalue weighted by Crippen LogP contribution is -2.12. The molecule has 140 valence electrons. The van der Waals surface area contributed by atoms with Gasteiger partial charge in [-0.25, -0.2) is 0 Å². The maximum atomic E-state index is 11.0. The molecule has 24 heavy (non-hydrogen) atoms. The number of hydrogen-bond acceptors (Lipinski definition) is 1. The van der Waals surface area contributed by atoms with Crippen LogP contribution < -0.4 is 0 Å². The van der Waals surface area contributed by atoms with E-state index in [4.69, 9.17) is 5.11 Å². The SMILES string of the molecule is CCCCCCC=C[C@H]1CCC[C@@H]1CCCCCC(CC)C(=O)O. The highest BCUT2D eigenvalue weighted by molar-refractivity contribution is 5.69. The van der Waals surface area contributed by atoms with Crippen molar-refractivity contribution in [3.8, 4) is 0 Å². The van der Waals surface area contributed by atoms with E-state index in [0.717, 1.165) is 31.1 Å². The summed E-state index contributed by atoms with van der Waals surface area (Å²) in [4.78, 5) is 11.0. The van der Waals surface area contributed by atoms with E-state index in [2.05, 4.69) is 19.1 Å². The van der Waals surface area contributed by atoms with Crippen molar-refractivity contribution >= 4 is 5.97 Å². The van der Waals surface area contributed by atoms with E-state index in [-0.39, 0.29) is 5.92 Å². The maximum absolute atomic E-state index is 11.0. The summed E-state index contributed by atoms with van der Waals surface area (Å²) in [7, 11) is 0. The van der Waals surface area contributed by atoms with Gasteiger partial charge in [0.05, 0.1) is 5.92 Å². The Morgan fingerprint density at radius 1 is 1.08 bits per heavy atom. The van der Waals surface area contributed by atoms with Gasteiger partial charge in [0.1, 0.15) is 0 Å². The largest absolute Gasteiger partial charge is 0.481 e. The van der Waals surface area contributed by atoms with Crippen LogP contribution in [0, 0.1) is 17.8 Å². The van der Waals surface area contributed by atoms with Crippen LogP contribution in [0.5, 0.6) is 0 Å². The Morgan fingerprint density at radius 2 is 1.88 bits per heavy atom. The molecule has 0 aliphatic heterocycles. The molecule has 0 amide bonds. The summed E-state index contributed by atoms with van der Waals surface area (Å²) in [5, 5.41) is 9.08. The van der Waals surface area contributed by atoms with Crippen molar-refractivity contribution in [1.82, 2.24) is 0 Å². The molecule has 1 rings (SSSR count). The molecule has 0 spiro atoms. The fourth-order valence-electron chi connectivity index (χ4n) is 4.11. The van der Waals surface area contributed by atoms with Crippen LogP contribution in [0.1, 0.15) is 104 Å². The summed E-state index contributed by atoms with van der Waals surface area (Å²) in [5.41, 5.74) is 0. The van der Waals surface area contributed by atoms with Crippen molar-refractivity contribution in [1.29, 1.82) is 0 Å². The Kier molecular flexibility index (Phi) is 12.0. The third-order valence-electron chi connectivity index (χ3n) is 5.80. The van der Waals surface area contributed by atoms with Gasteiger partial charge >= 0.3 is 5.97 Å².